The van der Waals surface area contributed by atoms with Crippen molar-refractivity contribution >= 4 is 29.9 Å². The van der Waals surface area contributed by atoms with Crippen LogP contribution < -0.4 is 5.32 Å². The molecule has 1 aliphatic heterocycles. The molecule has 0 saturated carbocycles. The highest BCUT2D eigenvalue weighted by atomic mass is 35.5. The van der Waals surface area contributed by atoms with Crippen molar-refractivity contribution in [2.45, 2.75) is 26.2 Å². The smallest absolute Gasteiger partial charge is 0.257 e. The van der Waals surface area contributed by atoms with Crippen LogP contribution in [0.1, 0.15) is 42.2 Å². The van der Waals surface area contributed by atoms with E-state index < -0.39 is 0 Å². The van der Waals surface area contributed by atoms with Crippen LogP contribution in [0.5, 0.6) is 0 Å². The average molecular weight is 383 g/mol. The summed E-state index contributed by atoms with van der Waals surface area (Å²) in [6.45, 7) is 7.51. The second kappa shape index (κ2) is 8.70. The standard InChI is InChI=1S/C18H23ClN4O.ClH/c1-13(2)17-16(18(24)22-10-3-8-20-9-11-22)12-21-23(17)15-6-4-14(19)5-7-15;/h4-7,12-13,20H,3,8-11H2,1-2H3;1H. The molecule has 25 heavy (non-hydrogen) atoms. The van der Waals surface area contributed by atoms with E-state index in [4.69, 9.17) is 11.6 Å². The third-order valence-electron chi connectivity index (χ3n) is 4.28. The first-order chi connectivity index (χ1) is 11.6. The van der Waals surface area contributed by atoms with Crippen LogP contribution in [0.2, 0.25) is 5.02 Å². The number of hydrogen-bond donors (Lipinski definition) is 1. The van der Waals surface area contributed by atoms with Crippen LogP contribution in [0.15, 0.2) is 30.5 Å². The maximum absolute atomic E-state index is 13.0. The highest BCUT2D eigenvalue weighted by Gasteiger charge is 2.25. The van der Waals surface area contributed by atoms with Gasteiger partial charge in [0.25, 0.3) is 5.91 Å². The third-order valence-corrected chi connectivity index (χ3v) is 4.53. The molecular weight excluding hydrogens is 359 g/mol. The number of halogens is 2. The number of carbonyl (C=O) groups is 1. The van der Waals surface area contributed by atoms with Crippen LogP contribution in [0, 0.1) is 0 Å². The largest absolute Gasteiger partial charge is 0.337 e. The van der Waals surface area contributed by atoms with Gasteiger partial charge in [0.2, 0.25) is 0 Å². The van der Waals surface area contributed by atoms with Crippen molar-refractivity contribution in [1.82, 2.24) is 20.0 Å². The maximum atomic E-state index is 13.0. The summed E-state index contributed by atoms with van der Waals surface area (Å²) in [5.74, 6) is 0.259. The van der Waals surface area contributed by atoms with Gasteiger partial charge in [0.05, 0.1) is 23.1 Å². The zero-order valence-electron chi connectivity index (χ0n) is 14.5. The monoisotopic (exact) mass is 382 g/mol. The summed E-state index contributed by atoms with van der Waals surface area (Å²) in [5.41, 5.74) is 2.56. The molecule has 136 valence electrons. The molecule has 3 rings (SSSR count). The summed E-state index contributed by atoms with van der Waals surface area (Å²) in [5, 5.41) is 8.50. The van der Waals surface area contributed by atoms with Gasteiger partial charge in [-0.2, -0.15) is 5.10 Å². The SMILES string of the molecule is CC(C)c1c(C(=O)N2CCCNCC2)cnn1-c1ccc(Cl)cc1.Cl. The molecule has 1 aromatic carbocycles. The van der Waals surface area contributed by atoms with Gasteiger partial charge in [0, 0.05) is 24.7 Å². The number of carbonyl (C=O) groups excluding carboxylic acids is 1. The fourth-order valence-corrected chi connectivity index (χ4v) is 3.21. The van der Waals surface area contributed by atoms with Crippen LogP contribution in [-0.4, -0.2) is 46.8 Å². The maximum Gasteiger partial charge on any atom is 0.257 e. The van der Waals surface area contributed by atoms with E-state index >= 15 is 0 Å². The van der Waals surface area contributed by atoms with E-state index in [1.165, 1.54) is 0 Å². The van der Waals surface area contributed by atoms with Crippen LogP contribution in [0.3, 0.4) is 0 Å². The predicted octanol–water partition coefficient (Wildman–Crippen LogP) is 3.51. The summed E-state index contributed by atoms with van der Waals surface area (Å²) >= 11 is 5.98. The molecule has 1 aromatic heterocycles. The Morgan fingerprint density at radius 3 is 2.60 bits per heavy atom. The summed E-state index contributed by atoms with van der Waals surface area (Å²) in [4.78, 5) is 14.9. The quantitative estimate of drug-likeness (QED) is 0.883. The van der Waals surface area contributed by atoms with Gasteiger partial charge < -0.3 is 10.2 Å². The molecule has 0 bridgehead atoms. The summed E-state index contributed by atoms with van der Waals surface area (Å²) in [6.07, 6.45) is 2.68. The Morgan fingerprint density at radius 1 is 1.20 bits per heavy atom. The van der Waals surface area contributed by atoms with E-state index in [2.05, 4.69) is 24.3 Å². The Bertz CT molecular complexity index is 704. The molecule has 0 atom stereocenters. The molecule has 0 spiro atoms. The van der Waals surface area contributed by atoms with Gasteiger partial charge in [0.15, 0.2) is 0 Å². The molecule has 2 heterocycles. The first-order valence-corrected chi connectivity index (χ1v) is 8.79. The molecule has 7 heteroatoms. The highest BCUT2D eigenvalue weighted by Crippen LogP contribution is 2.25. The number of amides is 1. The van der Waals surface area contributed by atoms with Crippen molar-refractivity contribution in [3.05, 3.63) is 46.7 Å². The van der Waals surface area contributed by atoms with E-state index in [0.29, 0.717) is 10.6 Å². The van der Waals surface area contributed by atoms with E-state index in [9.17, 15) is 4.79 Å². The normalized spacial score (nSPS) is 15.0. The van der Waals surface area contributed by atoms with Crippen LogP contribution in [0.4, 0.5) is 0 Å². The predicted molar refractivity (Wildman–Crippen MR) is 103 cm³/mol. The fraction of sp³-hybridized carbons (Fsp3) is 0.444. The lowest BCUT2D eigenvalue weighted by atomic mass is 10.0. The molecule has 1 amide bonds. The number of nitrogens with one attached hydrogen (secondary N) is 1. The summed E-state index contributed by atoms with van der Waals surface area (Å²) in [6, 6.07) is 7.52. The van der Waals surface area contributed by atoms with Crippen molar-refractivity contribution in [2.75, 3.05) is 26.2 Å². The molecule has 2 aromatic rings. The molecule has 0 aliphatic carbocycles. The molecule has 1 fully saturated rings. The molecular formula is C18H24Cl2N4O. The number of benzene rings is 1. The molecule has 1 saturated heterocycles. The molecule has 1 N–H and O–H groups in total. The van der Waals surface area contributed by atoms with Gasteiger partial charge in [-0.1, -0.05) is 25.4 Å². The second-order valence-corrected chi connectivity index (χ2v) is 6.82. The Balaban J connectivity index is 0.00000225. The number of nitrogens with zero attached hydrogens (tertiary/aromatic N) is 3. The van der Waals surface area contributed by atoms with Gasteiger partial charge in [-0.15, -0.1) is 12.4 Å². The first-order valence-electron chi connectivity index (χ1n) is 8.42. The number of rotatable bonds is 3. The molecule has 5 nitrogen and oxygen atoms in total. The average Bonchev–Trinajstić information content (AvgIpc) is 2.83. The number of hydrogen-bond acceptors (Lipinski definition) is 3. The van der Waals surface area contributed by atoms with Gasteiger partial charge in [-0.25, -0.2) is 4.68 Å². The third kappa shape index (κ3) is 4.35. The van der Waals surface area contributed by atoms with Crippen molar-refractivity contribution in [3.63, 3.8) is 0 Å². The van der Waals surface area contributed by atoms with Crippen molar-refractivity contribution in [2.24, 2.45) is 0 Å². The Hall–Kier alpha value is -1.56. The zero-order chi connectivity index (χ0) is 17.1. The van der Waals surface area contributed by atoms with Crippen molar-refractivity contribution in [1.29, 1.82) is 0 Å². The van der Waals surface area contributed by atoms with E-state index in [-0.39, 0.29) is 24.2 Å². The number of aromatic nitrogens is 2. The highest BCUT2D eigenvalue weighted by molar-refractivity contribution is 6.30. The van der Waals surface area contributed by atoms with Crippen molar-refractivity contribution in [3.8, 4) is 5.69 Å². The van der Waals surface area contributed by atoms with E-state index in [0.717, 1.165) is 44.0 Å². The summed E-state index contributed by atoms with van der Waals surface area (Å²) < 4.78 is 1.85. The van der Waals surface area contributed by atoms with Gasteiger partial charge in [-0.05, 0) is 43.1 Å². The van der Waals surface area contributed by atoms with Crippen LogP contribution in [0.25, 0.3) is 5.69 Å². The topological polar surface area (TPSA) is 50.2 Å². The lowest BCUT2D eigenvalue weighted by Crippen LogP contribution is -2.34. The van der Waals surface area contributed by atoms with Crippen LogP contribution in [-0.2, 0) is 0 Å². The Kier molecular flexibility index (Phi) is 6.87. The molecule has 0 radical (unpaired) electrons. The Morgan fingerprint density at radius 2 is 1.92 bits per heavy atom. The van der Waals surface area contributed by atoms with Gasteiger partial charge in [-0.3, -0.25) is 4.79 Å². The first kappa shape index (κ1) is 19.8. The lowest BCUT2D eigenvalue weighted by Gasteiger charge is -2.21. The van der Waals surface area contributed by atoms with Crippen LogP contribution >= 0.6 is 24.0 Å². The Labute approximate surface area is 159 Å². The lowest BCUT2D eigenvalue weighted by molar-refractivity contribution is 0.0765. The zero-order valence-corrected chi connectivity index (χ0v) is 16.1. The minimum atomic E-state index is 0. The molecule has 1 aliphatic rings. The second-order valence-electron chi connectivity index (χ2n) is 6.38. The van der Waals surface area contributed by atoms with Crippen molar-refractivity contribution < 1.29 is 4.79 Å². The minimum absolute atomic E-state index is 0. The van der Waals surface area contributed by atoms with E-state index in [1.54, 1.807) is 6.20 Å². The minimum Gasteiger partial charge on any atom is -0.337 e. The molecule has 0 unspecified atom stereocenters. The van der Waals surface area contributed by atoms with Gasteiger partial charge >= 0.3 is 0 Å². The van der Waals surface area contributed by atoms with E-state index in [1.807, 2.05) is 33.8 Å². The fourth-order valence-electron chi connectivity index (χ4n) is 3.09. The van der Waals surface area contributed by atoms with Gasteiger partial charge in [0.1, 0.15) is 0 Å². The summed E-state index contributed by atoms with van der Waals surface area (Å²) in [7, 11) is 0.